The highest BCUT2D eigenvalue weighted by Gasteiger charge is 2.17. The monoisotopic (exact) mass is 284 g/mol. The number of nitrogens with zero attached hydrogens (tertiary/aromatic N) is 2. The van der Waals surface area contributed by atoms with Crippen LogP contribution in [0.3, 0.4) is 0 Å². The summed E-state index contributed by atoms with van der Waals surface area (Å²) in [7, 11) is 0. The Morgan fingerprint density at radius 3 is 2.71 bits per heavy atom. The van der Waals surface area contributed by atoms with Gasteiger partial charge in [0.15, 0.2) is 0 Å². The predicted molar refractivity (Wildman–Crippen MR) is 72.1 cm³/mol. The molecule has 0 fully saturated rings. The Labute approximate surface area is 118 Å². The number of rotatable bonds is 3. The van der Waals surface area contributed by atoms with E-state index in [1.165, 1.54) is 24.3 Å². The maximum absolute atomic E-state index is 13.2. The molecule has 3 rings (SSSR count). The van der Waals surface area contributed by atoms with Crippen LogP contribution in [0.4, 0.5) is 4.39 Å². The van der Waals surface area contributed by atoms with E-state index in [0.717, 1.165) is 0 Å². The topological polar surface area (TPSA) is 76.2 Å². The first-order chi connectivity index (χ1) is 10.1. The van der Waals surface area contributed by atoms with Gasteiger partial charge in [0.05, 0.1) is 5.56 Å². The molecule has 0 saturated heterocycles. The summed E-state index contributed by atoms with van der Waals surface area (Å²) in [6.07, 6.45) is 0. The smallest absolute Gasteiger partial charge is 0.336 e. The maximum atomic E-state index is 13.2. The molecule has 1 N–H and O–H groups in total. The van der Waals surface area contributed by atoms with Crippen molar-refractivity contribution in [2.45, 2.75) is 0 Å². The molecule has 0 atom stereocenters. The summed E-state index contributed by atoms with van der Waals surface area (Å²) >= 11 is 0. The van der Waals surface area contributed by atoms with Gasteiger partial charge in [-0.25, -0.2) is 9.18 Å². The minimum Gasteiger partial charge on any atom is -0.478 e. The molecule has 0 bridgehead atoms. The van der Waals surface area contributed by atoms with Crippen LogP contribution in [0, 0.1) is 5.82 Å². The van der Waals surface area contributed by atoms with E-state index in [-0.39, 0.29) is 17.3 Å². The van der Waals surface area contributed by atoms with E-state index >= 15 is 0 Å². The molecule has 1 heterocycles. The van der Waals surface area contributed by atoms with Gasteiger partial charge in [-0.05, 0) is 24.3 Å². The zero-order valence-electron chi connectivity index (χ0n) is 10.7. The van der Waals surface area contributed by atoms with E-state index in [2.05, 4.69) is 10.1 Å². The quantitative estimate of drug-likeness (QED) is 0.799. The molecule has 0 aliphatic carbocycles. The van der Waals surface area contributed by atoms with Crippen molar-refractivity contribution in [2.24, 2.45) is 0 Å². The molecule has 5 nitrogen and oxygen atoms in total. The molecule has 21 heavy (non-hydrogen) atoms. The van der Waals surface area contributed by atoms with Gasteiger partial charge < -0.3 is 9.63 Å². The summed E-state index contributed by atoms with van der Waals surface area (Å²) in [6, 6.07) is 12.1. The van der Waals surface area contributed by atoms with Crippen LogP contribution in [0.15, 0.2) is 53.1 Å². The standard InChI is InChI=1S/C15H9FN2O3/c16-10-5-3-4-9(8-10)14-17-13(18-21-14)11-6-1-2-7-12(11)15(19)20/h1-8H,(H,19,20). The second kappa shape index (κ2) is 5.16. The van der Waals surface area contributed by atoms with Gasteiger partial charge in [-0.15, -0.1) is 0 Å². The lowest BCUT2D eigenvalue weighted by Crippen LogP contribution is -1.99. The van der Waals surface area contributed by atoms with Gasteiger partial charge in [0.25, 0.3) is 5.89 Å². The third kappa shape index (κ3) is 2.51. The second-order valence-electron chi connectivity index (χ2n) is 4.28. The molecular weight excluding hydrogens is 275 g/mol. The van der Waals surface area contributed by atoms with Crippen molar-refractivity contribution < 1.29 is 18.8 Å². The molecule has 104 valence electrons. The van der Waals surface area contributed by atoms with Crippen molar-refractivity contribution in [1.29, 1.82) is 0 Å². The Hall–Kier alpha value is -3.02. The van der Waals surface area contributed by atoms with Gasteiger partial charge in [0, 0.05) is 11.1 Å². The van der Waals surface area contributed by atoms with Gasteiger partial charge in [0.1, 0.15) is 5.82 Å². The fraction of sp³-hybridized carbons (Fsp3) is 0. The van der Waals surface area contributed by atoms with E-state index in [4.69, 9.17) is 9.63 Å². The fourth-order valence-electron chi connectivity index (χ4n) is 1.94. The Bertz CT molecular complexity index is 814. The molecular formula is C15H9FN2O3. The van der Waals surface area contributed by atoms with Gasteiger partial charge in [-0.2, -0.15) is 4.98 Å². The van der Waals surface area contributed by atoms with Crippen LogP contribution in [-0.2, 0) is 0 Å². The first-order valence-electron chi connectivity index (χ1n) is 6.07. The number of carboxylic acid groups (broad SMARTS) is 1. The van der Waals surface area contributed by atoms with Gasteiger partial charge in [0.2, 0.25) is 5.82 Å². The van der Waals surface area contributed by atoms with Crippen LogP contribution in [0.25, 0.3) is 22.8 Å². The largest absolute Gasteiger partial charge is 0.478 e. The highest BCUT2D eigenvalue weighted by molar-refractivity contribution is 5.94. The molecule has 0 radical (unpaired) electrons. The minimum absolute atomic E-state index is 0.0732. The Kier molecular flexibility index (Phi) is 3.19. The number of benzene rings is 2. The third-order valence-electron chi connectivity index (χ3n) is 2.90. The number of aromatic nitrogens is 2. The second-order valence-corrected chi connectivity index (χ2v) is 4.28. The number of hydrogen-bond donors (Lipinski definition) is 1. The van der Waals surface area contributed by atoms with Crippen molar-refractivity contribution in [2.75, 3.05) is 0 Å². The Balaban J connectivity index is 2.05. The van der Waals surface area contributed by atoms with Crippen molar-refractivity contribution >= 4 is 5.97 Å². The van der Waals surface area contributed by atoms with E-state index in [1.54, 1.807) is 24.3 Å². The zero-order valence-corrected chi connectivity index (χ0v) is 10.7. The third-order valence-corrected chi connectivity index (χ3v) is 2.90. The number of hydrogen-bond acceptors (Lipinski definition) is 4. The Morgan fingerprint density at radius 2 is 1.95 bits per heavy atom. The Morgan fingerprint density at radius 1 is 1.14 bits per heavy atom. The lowest BCUT2D eigenvalue weighted by molar-refractivity contribution is 0.0697. The minimum atomic E-state index is -1.08. The van der Waals surface area contributed by atoms with Gasteiger partial charge >= 0.3 is 5.97 Å². The molecule has 2 aromatic carbocycles. The molecule has 0 saturated carbocycles. The lowest BCUT2D eigenvalue weighted by Gasteiger charge is -1.99. The van der Waals surface area contributed by atoms with Gasteiger partial charge in [-0.3, -0.25) is 0 Å². The van der Waals surface area contributed by atoms with E-state index in [9.17, 15) is 9.18 Å². The van der Waals surface area contributed by atoms with Crippen LogP contribution in [0.2, 0.25) is 0 Å². The summed E-state index contributed by atoms with van der Waals surface area (Å²) in [5, 5.41) is 12.9. The van der Waals surface area contributed by atoms with Gasteiger partial charge in [-0.1, -0.05) is 29.4 Å². The van der Waals surface area contributed by atoms with Crippen molar-refractivity contribution in [3.05, 3.63) is 59.9 Å². The van der Waals surface area contributed by atoms with Crippen molar-refractivity contribution in [3.63, 3.8) is 0 Å². The molecule has 6 heteroatoms. The average Bonchev–Trinajstić information content (AvgIpc) is 2.97. The van der Waals surface area contributed by atoms with E-state index in [0.29, 0.717) is 11.1 Å². The number of carboxylic acids is 1. The summed E-state index contributed by atoms with van der Waals surface area (Å²) in [4.78, 5) is 15.3. The average molecular weight is 284 g/mol. The number of halogens is 1. The number of aromatic carboxylic acids is 1. The molecule has 1 aromatic heterocycles. The molecule has 0 aliphatic rings. The maximum Gasteiger partial charge on any atom is 0.336 e. The molecule has 0 unspecified atom stereocenters. The van der Waals surface area contributed by atoms with Crippen LogP contribution >= 0.6 is 0 Å². The first kappa shape index (κ1) is 13.0. The molecule has 0 spiro atoms. The normalized spacial score (nSPS) is 10.5. The number of carbonyl (C=O) groups is 1. The molecule has 0 amide bonds. The highest BCUT2D eigenvalue weighted by Crippen LogP contribution is 2.25. The molecule has 0 aliphatic heterocycles. The van der Waals surface area contributed by atoms with Crippen LogP contribution < -0.4 is 0 Å². The van der Waals surface area contributed by atoms with E-state index in [1.807, 2.05) is 0 Å². The first-order valence-corrected chi connectivity index (χ1v) is 6.07. The van der Waals surface area contributed by atoms with Crippen LogP contribution in [0.5, 0.6) is 0 Å². The summed E-state index contributed by atoms with van der Waals surface area (Å²) in [5.41, 5.74) is 0.849. The zero-order chi connectivity index (χ0) is 14.8. The van der Waals surface area contributed by atoms with Crippen molar-refractivity contribution in [3.8, 4) is 22.8 Å². The van der Waals surface area contributed by atoms with E-state index < -0.39 is 11.8 Å². The predicted octanol–water partition coefficient (Wildman–Crippen LogP) is 3.24. The molecule has 3 aromatic rings. The van der Waals surface area contributed by atoms with Crippen molar-refractivity contribution in [1.82, 2.24) is 10.1 Å². The highest BCUT2D eigenvalue weighted by atomic mass is 19.1. The summed E-state index contributed by atoms with van der Waals surface area (Å²) in [5.74, 6) is -1.22. The summed E-state index contributed by atoms with van der Waals surface area (Å²) in [6.45, 7) is 0. The van der Waals surface area contributed by atoms with Crippen LogP contribution in [0.1, 0.15) is 10.4 Å². The lowest BCUT2D eigenvalue weighted by atomic mass is 10.1. The fourth-order valence-corrected chi connectivity index (χ4v) is 1.94. The SMILES string of the molecule is O=C(O)c1ccccc1-c1noc(-c2cccc(F)c2)n1. The van der Waals surface area contributed by atoms with Crippen LogP contribution in [-0.4, -0.2) is 21.2 Å². The summed E-state index contributed by atoms with van der Waals surface area (Å²) < 4.78 is 18.3.